The van der Waals surface area contributed by atoms with Gasteiger partial charge in [0.15, 0.2) is 11.6 Å². The molecule has 0 radical (unpaired) electrons. The van der Waals surface area contributed by atoms with Crippen molar-refractivity contribution in [2.75, 3.05) is 12.3 Å². The molecular formula is C9H11F2NOS. The number of benzene rings is 1. The van der Waals surface area contributed by atoms with Gasteiger partial charge in [-0.05, 0) is 18.2 Å². The van der Waals surface area contributed by atoms with Gasteiger partial charge in [-0.1, -0.05) is 0 Å². The van der Waals surface area contributed by atoms with Crippen molar-refractivity contribution < 1.29 is 13.9 Å². The maximum absolute atomic E-state index is 12.7. The fraction of sp³-hybridized carbons (Fsp3) is 0.333. The van der Waals surface area contributed by atoms with Gasteiger partial charge >= 0.3 is 0 Å². The highest BCUT2D eigenvalue weighted by molar-refractivity contribution is 7.99. The second kappa shape index (κ2) is 5.29. The van der Waals surface area contributed by atoms with Crippen LogP contribution in [-0.4, -0.2) is 23.5 Å². The second-order valence-corrected chi connectivity index (χ2v) is 3.87. The Bertz CT molecular complexity index is 309. The highest BCUT2D eigenvalue weighted by atomic mass is 32.2. The first-order valence-electron chi connectivity index (χ1n) is 4.09. The van der Waals surface area contributed by atoms with Gasteiger partial charge in [0, 0.05) is 17.2 Å². The van der Waals surface area contributed by atoms with Gasteiger partial charge in [-0.25, -0.2) is 8.78 Å². The molecule has 0 spiro atoms. The van der Waals surface area contributed by atoms with Gasteiger partial charge in [-0.15, -0.1) is 11.8 Å². The number of halogens is 2. The average Bonchev–Trinajstić information content (AvgIpc) is 2.19. The van der Waals surface area contributed by atoms with Crippen LogP contribution < -0.4 is 5.73 Å². The maximum atomic E-state index is 12.7. The summed E-state index contributed by atoms with van der Waals surface area (Å²) in [4.78, 5) is 0.580. The Hall–Kier alpha value is -0.650. The fourth-order valence-corrected chi connectivity index (χ4v) is 1.70. The zero-order valence-electron chi connectivity index (χ0n) is 7.41. The van der Waals surface area contributed by atoms with Crippen LogP contribution in [0.5, 0.6) is 0 Å². The van der Waals surface area contributed by atoms with Crippen LogP contribution in [-0.2, 0) is 0 Å². The molecule has 0 fully saturated rings. The van der Waals surface area contributed by atoms with E-state index in [1.807, 2.05) is 0 Å². The number of hydrogen-bond acceptors (Lipinski definition) is 3. The first-order valence-corrected chi connectivity index (χ1v) is 5.08. The maximum Gasteiger partial charge on any atom is 0.159 e. The fourth-order valence-electron chi connectivity index (χ4n) is 0.827. The minimum absolute atomic E-state index is 0.163. The van der Waals surface area contributed by atoms with Crippen molar-refractivity contribution in [2.24, 2.45) is 5.73 Å². The van der Waals surface area contributed by atoms with E-state index in [2.05, 4.69) is 0 Å². The van der Waals surface area contributed by atoms with Gasteiger partial charge in [0.25, 0.3) is 0 Å². The van der Waals surface area contributed by atoms with E-state index in [1.165, 1.54) is 17.8 Å². The molecule has 0 aliphatic rings. The Balaban J connectivity index is 2.55. The Morgan fingerprint density at radius 2 is 2.07 bits per heavy atom. The third kappa shape index (κ3) is 3.25. The molecule has 0 aliphatic carbocycles. The van der Waals surface area contributed by atoms with Gasteiger partial charge in [-0.3, -0.25) is 0 Å². The van der Waals surface area contributed by atoms with Crippen LogP contribution in [0.15, 0.2) is 23.1 Å². The number of aliphatic hydroxyl groups excluding tert-OH is 1. The summed E-state index contributed by atoms with van der Waals surface area (Å²) in [7, 11) is 0. The van der Waals surface area contributed by atoms with E-state index in [0.717, 1.165) is 12.1 Å². The Morgan fingerprint density at radius 3 is 2.64 bits per heavy atom. The summed E-state index contributed by atoms with van der Waals surface area (Å²) in [6, 6.07) is 3.63. The van der Waals surface area contributed by atoms with E-state index < -0.39 is 17.7 Å². The van der Waals surface area contributed by atoms with E-state index in [4.69, 9.17) is 10.8 Å². The number of aliphatic hydroxyl groups is 1. The average molecular weight is 219 g/mol. The lowest BCUT2D eigenvalue weighted by atomic mass is 10.3. The lowest BCUT2D eigenvalue weighted by molar-refractivity contribution is 0.208. The Labute approximate surface area is 85.1 Å². The van der Waals surface area contributed by atoms with Gasteiger partial charge in [0.05, 0.1) is 6.10 Å². The second-order valence-electron chi connectivity index (χ2n) is 2.78. The quantitative estimate of drug-likeness (QED) is 0.752. The smallest absolute Gasteiger partial charge is 0.159 e. The molecule has 0 bridgehead atoms. The molecule has 78 valence electrons. The van der Waals surface area contributed by atoms with Gasteiger partial charge < -0.3 is 10.8 Å². The van der Waals surface area contributed by atoms with Crippen molar-refractivity contribution in [1.29, 1.82) is 0 Å². The first kappa shape index (κ1) is 11.4. The monoisotopic (exact) mass is 219 g/mol. The van der Waals surface area contributed by atoms with Crippen molar-refractivity contribution in [2.45, 2.75) is 11.0 Å². The molecule has 1 aromatic rings. The third-order valence-electron chi connectivity index (χ3n) is 1.61. The van der Waals surface area contributed by atoms with Gasteiger partial charge in [-0.2, -0.15) is 0 Å². The minimum atomic E-state index is -0.878. The third-order valence-corrected chi connectivity index (χ3v) is 2.74. The van der Waals surface area contributed by atoms with Crippen LogP contribution in [0, 0.1) is 11.6 Å². The van der Waals surface area contributed by atoms with E-state index in [9.17, 15) is 8.78 Å². The van der Waals surface area contributed by atoms with Crippen LogP contribution >= 0.6 is 11.8 Å². The summed E-state index contributed by atoms with van der Waals surface area (Å²) >= 11 is 1.24. The molecule has 1 unspecified atom stereocenters. The minimum Gasteiger partial charge on any atom is -0.391 e. The van der Waals surface area contributed by atoms with Crippen molar-refractivity contribution in [3.63, 3.8) is 0 Å². The molecule has 0 heterocycles. The summed E-state index contributed by atoms with van der Waals surface area (Å²) in [5.41, 5.74) is 5.19. The summed E-state index contributed by atoms with van der Waals surface area (Å²) < 4.78 is 25.2. The topological polar surface area (TPSA) is 46.2 Å². The van der Waals surface area contributed by atoms with E-state index in [-0.39, 0.29) is 6.54 Å². The predicted octanol–water partition coefficient (Wildman–Crippen LogP) is 1.38. The summed E-state index contributed by atoms with van der Waals surface area (Å²) in [6.07, 6.45) is -0.617. The first-order chi connectivity index (χ1) is 6.63. The molecule has 1 rings (SSSR count). The molecule has 0 aliphatic heterocycles. The zero-order chi connectivity index (χ0) is 10.6. The van der Waals surface area contributed by atoms with Crippen LogP contribution in [0.1, 0.15) is 0 Å². The number of hydrogen-bond donors (Lipinski definition) is 2. The van der Waals surface area contributed by atoms with E-state index in [1.54, 1.807) is 0 Å². The predicted molar refractivity (Wildman–Crippen MR) is 52.1 cm³/mol. The number of nitrogens with two attached hydrogens (primary N) is 1. The standard InChI is InChI=1S/C9H11F2NOS/c10-8-2-1-7(3-9(8)11)14-5-6(13)4-12/h1-3,6,13H,4-5,12H2. The SMILES string of the molecule is NCC(O)CSc1ccc(F)c(F)c1. The summed E-state index contributed by atoms with van der Waals surface area (Å²) in [5, 5.41) is 9.13. The molecule has 1 atom stereocenters. The van der Waals surface area contributed by atoms with Gasteiger partial charge in [0.2, 0.25) is 0 Å². The summed E-state index contributed by atoms with van der Waals surface area (Å²) in [6.45, 7) is 0.163. The summed E-state index contributed by atoms with van der Waals surface area (Å²) in [5.74, 6) is -1.37. The lowest BCUT2D eigenvalue weighted by Crippen LogP contribution is -2.21. The lowest BCUT2D eigenvalue weighted by Gasteiger charge is -2.06. The van der Waals surface area contributed by atoms with Gasteiger partial charge in [0.1, 0.15) is 0 Å². The molecule has 2 nitrogen and oxygen atoms in total. The van der Waals surface area contributed by atoms with Crippen LogP contribution in [0.3, 0.4) is 0 Å². The number of rotatable bonds is 4. The van der Waals surface area contributed by atoms with E-state index in [0.29, 0.717) is 10.6 Å². The largest absolute Gasteiger partial charge is 0.391 e. The van der Waals surface area contributed by atoms with Crippen molar-refractivity contribution in [1.82, 2.24) is 0 Å². The highest BCUT2D eigenvalue weighted by Gasteiger charge is 2.05. The molecule has 5 heteroatoms. The van der Waals surface area contributed by atoms with Crippen LogP contribution in [0.2, 0.25) is 0 Å². The molecule has 0 aromatic heterocycles. The molecule has 0 saturated heterocycles. The van der Waals surface area contributed by atoms with Crippen LogP contribution in [0.4, 0.5) is 8.78 Å². The molecular weight excluding hydrogens is 208 g/mol. The van der Waals surface area contributed by atoms with Crippen molar-refractivity contribution >= 4 is 11.8 Å². The Kier molecular flexibility index (Phi) is 4.31. The zero-order valence-corrected chi connectivity index (χ0v) is 8.23. The molecule has 14 heavy (non-hydrogen) atoms. The normalized spacial score (nSPS) is 12.9. The molecule has 0 amide bonds. The molecule has 1 aromatic carbocycles. The van der Waals surface area contributed by atoms with E-state index >= 15 is 0 Å². The van der Waals surface area contributed by atoms with Crippen molar-refractivity contribution in [3.8, 4) is 0 Å². The highest BCUT2D eigenvalue weighted by Crippen LogP contribution is 2.20. The number of thioether (sulfide) groups is 1. The Morgan fingerprint density at radius 1 is 1.36 bits per heavy atom. The molecule has 0 saturated carbocycles. The van der Waals surface area contributed by atoms with Crippen molar-refractivity contribution in [3.05, 3.63) is 29.8 Å². The van der Waals surface area contributed by atoms with Crippen LogP contribution in [0.25, 0.3) is 0 Å². The molecule has 3 N–H and O–H groups in total.